The molecule has 0 saturated carbocycles. The largest absolute Gasteiger partial charge is 0.493 e. The van der Waals surface area contributed by atoms with Crippen LogP contribution >= 0.6 is 11.8 Å². The van der Waals surface area contributed by atoms with Gasteiger partial charge in [-0.05, 0) is 36.4 Å². The second kappa shape index (κ2) is 9.13. The van der Waals surface area contributed by atoms with Crippen LogP contribution in [-0.2, 0) is 14.8 Å². The number of fused-ring (bicyclic) bond motifs is 1. The molecule has 0 aliphatic carbocycles. The molecule has 2 aromatic carbocycles. The van der Waals surface area contributed by atoms with Gasteiger partial charge in [-0.3, -0.25) is 0 Å². The normalized spacial score (nSPS) is 15.4. The maximum absolute atomic E-state index is 12.6. The number of hydrogen-bond acceptors (Lipinski definition) is 6. The summed E-state index contributed by atoms with van der Waals surface area (Å²) in [5, 5.41) is 2.08. The van der Waals surface area contributed by atoms with E-state index < -0.39 is 10.0 Å². The fourth-order valence-electron chi connectivity index (χ4n) is 3.08. The molecule has 6 nitrogen and oxygen atoms in total. The summed E-state index contributed by atoms with van der Waals surface area (Å²) >= 11 is 1.63. The molecule has 1 aromatic heterocycles. The molecule has 1 aliphatic rings. The Kier molecular flexibility index (Phi) is 6.34. The number of pyridine rings is 1. The summed E-state index contributed by atoms with van der Waals surface area (Å²) in [6.45, 7) is 2.16. The van der Waals surface area contributed by atoms with E-state index in [2.05, 4.69) is 11.1 Å². The van der Waals surface area contributed by atoms with E-state index in [9.17, 15) is 8.42 Å². The van der Waals surface area contributed by atoms with E-state index >= 15 is 0 Å². The van der Waals surface area contributed by atoms with Gasteiger partial charge in [0, 0.05) is 24.2 Å². The summed E-state index contributed by atoms with van der Waals surface area (Å²) in [6, 6.07) is 18.7. The van der Waals surface area contributed by atoms with Gasteiger partial charge < -0.3 is 9.47 Å². The van der Waals surface area contributed by atoms with Crippen LogP contribution in [0.3, 0.4) is 0 Å². The Hall–Kier alpha value is -2.13. The van der Waals surface area contributed by atoms with E-state index in [1.807, 2.05) is 30.3 Å². The van der Waals surface area contributed by atoms with Gasteiger partial charge in [-0.1, -0.05) is 24.3 Å². The first-order valence-electron chi connectivity index (χ1n) is 9.42. The quantitative estimate of drug-likeness (QED) is 0.423. The molecule has 2 heterocycles. The smallest absolute Gasteiger partial charge is 0.243 e. The molecule has 29 heavy (non-hydrogen) atoms. The first-order valence-corrected chi connectivity index (χ1v) is 11.8. The molecule has 4 rings (SSSR count). The van der Waals surface area contributed by atoms with E-state index in [0.717, 1.165) is 21.7 Å². The van der Waals surface area contributed by atoms with Crippen LogP contribution in [0.25, 0.3) is 10.9 Å². The monoisotopic (exact) mass is 430 g/mol. The average Bonchev–Trinajstić information content (AvgIpc) is 2.77. The number of thioether (sulfide) groups is 1. The zero-order chi connectivity index (χ0) is 20.1. The minimum Gasteiger partial charge on any atom is -0.493 e. The summed E-state index contributed by atoms with van der Waals surface area (Å²) in [5.74, 6) is 1.40. The van der Waals surface area contributed by atoms with Gasteiger partial charge in [0.25, 0.3) is 0 Å². The lowest BCUT2D eigenvalue weighted by molar-refractivity contribution is 0.0730. The van der Waals surface area contributed by atoms with Gasteiger partial charge in [-0.15, -0.1) is 11.8 Å². The molecule has 3 aromatic rings. The van der Waals surface area contributed by atoms with Crippen molar-refractivity contribution in [3.8, 4) is 5.75 Å². The number of morpholine rings is 1. The Morgan fingerprint density at radius 2 is 1.76 bits per heavy atom. The molecule has 0 radical (unpaired) electrons. The van der Waals surface area contributed by atoms with Crippen LogP contribution in [0.1, 0.15) is 0 Å². The van der Waals surface area contributed by atoms with E-state index in [0.29, 0.717) is 38.7 Å². The number of benzene rings is 2. The van der Waals surface area contributed by atoms with Crippen molar-refractivity contribution in [1.29, 1.82) is 0 Å². The van der Waals surface area contributed by atoms with Crippen LogP contribution in [0, 0.1) is 0 Å². The fraction of sp³-hybridized carbons (Fsp3) is 0.286. The lowest BCUT2D eigenvalue weighted by atomic mass is 10.2. The van der Waals surface area contributed by atoms with Crippen molar-refractivity contribution < 1.29 is 17.9 Å². The predicted octanol–water partition coefficient (Wildman–Crippen LogP) is 3.43. The summed E-state index contributed by atoms with van der Waals surface area (Å²) in [5.41, 5.74) is 0.982. The minimum atomic E-state index is -3.47. The molecule has 0 unspecified atom stereocenters. The molecule has 8 heteroatoms. The number of para-hydroxylation sites is 1. The third-order valence-electron chi connectivity index (χ3n) is 4.61. The topological polar surface area (TPSA) is 68.7 Å². The van der Waals surface area contributed by atoms with Gasteiger partial charge in [0.1, 0.15) is 5.75 Å². The lowest BCUT2D eigenvalue weighted by Crippen LogP contribution is -2.40. The molecule has 0 N–H and O–H groups in total. The number of aromatic nitrogens is 1. The standard InChI is InChI=1S/C21H22N2O4S2/c24-29(25,23-11-13-26-14-12-23)19-8-6-18(7-9-19)27-15-16-28-21-10-5-17-3-1-2-4-20(17)22-21/h1-10H,11-16H2. The number of hydrogen-bond donors (Lipinski definition) is 0. The van der Waals surface area contributed by atoms with Gasteiger partial charge in [0.05, 0.1) is 35.3 Å². The van der Waals surface area contributed by atoms with E-state index in [1.165, 1.54) is 4.31 Å². The van der Waals surface area contributed by atoms with Crippen molar-refractivity contribution in [2.24, 2.45) is 0 Å². The van der Waals surface area contributed by atoms with Crippen molar-refractivity contribution in [2.75, 3.05) is 38.7 Å². The summed E-state index contributed by atoms with van der Waals surface area (Å²) in [6.07, 6.45) is 0. The van der Waals surface area contributed by atoms with Crippen LogP contribution in [0.15, 0.2) is 70.6 Å². The van der Waals surface area contributed by atoms with Crippen molar-refractivity contribution in [2.45, 2.75) is 9.92 Å². The number of ether oxygens (including phenoxy) is 2. The van der Waals surface area contributed by atoms with Gasteiger partial charge in [-0.25, -0.2) is 13.4 Å². The lowest BCUT2D eigenvalue weighted by Gasteiger charge is -2.26. The molecule has 152 valence electrons. The SMILES string of the molecule is O=S(=O)(c1ccc(OCCSc2ccc3ccccc3n2)cc1)N1CCOCC1. The fourth-order valence-corrected chi connectivity index (χ4v) is 5.19. The minimum absolute atomic E-state index is 0.279. The van der Waals surface area contributed by atoms with E-state index in [4.69, 9.17) is 9.47 Å². The highest BCUT2D eigenvalue weighted by atomic mass is 32.2. The Labute approximate surface area is 174 Å². The Bertz CT molecular complexity index is 1070. The number of nitrogens with zero attached hydrogens (tertiary/aromatic N) is 2. The third kappa shape index (κ3) is 4.90. The number of rotatable bonds is 7. The first-order chi connectivity index (χ1) is 14.1. The highest BCUT2D eigenvalue weighted by Crippen LogP contribution is 2.22. The summed E-state index contributed by atoms with van der Waals surface area (Å²) in [7, 11) is -3.47. The first kappa shape index (κ1) is 20.2. The van der Waals surface area contributed by atoms with Crippen LogP contribution in [-0.4, -0.2) is 56.4 Å². The van der Waals surface area contributed by atoms with Gasteiger partial charge in [0.2, 0.25) is 10.0 Å². The zero-order valence-corrected chi connectivity index (χ0v) is 17.5. The molecule has 0 bridgehead atoms. The van der Waals surface area contributed by atoms with Gasteiger partial charge in [-0.2, -0.15) is 4.31 Å². The molecule has 0 atom stereocenters. The van der Waals surface area contributed by atoms with Gasteiger partial charge >= 0.3 is 0 Å². The van der Waals surface area contributed by atoms with E-state index in [-0.39, 0.29) is 4.90 Å². The Morgan fingerprint density at radius 1 is 1.00 bits per heavy atom. The molecular weight excluding hydrogens is 408 g/mol. The summed E-state index contributed by atoms with van der Waals surface area (Å²) in [4.78, 5) is 4.91. The number of sulfonamides is 1. The van der Waals surface area contributed by atoms with Crippen LogP contribution in [0.4, 0.5) is 0 Å². The maximum atomic E-state index is 12.6. The molecule has 0 amide bonds. The molecule has 0 spiro atoms. The third-order valence-corrected chi connectivity index (χ3v) is 7.41. The summed E-state index contributed by atoms with van der Waals surface area (Å²) < 4.78 is 37.7. The second-order valence-electron chi connectivity index (χ2n) is 6.53. The van der Waals surface area contributed by atoms with Gasteiger partial charge in [0.15, 0.2) is 0 Å². The van der Waals surface area contributed by atoms with Crippen molar-refractivity contribution in [3.05, 3.63) is 60.7 Å². The maximum Gasteiger partial charge on any atom is 0.243 e. The highest BCUT2D eigenvalue weighted by molar-refractivity contribution is 7.99. The van der Waals surface area contributed by atoms with Crippen molar-refractivity contribution >= 4 is 32.7 Å². The van der Waals surface area contributed by atoms with Crippen molar-refractivity contribution in [1.82, 2.24) is 9.29 Å². The molecule has 1 saturated heterocycles. The van der Waals surface area contributed by atoms with Crippen molar-refractivity contribution in [3.63, 3.8) is 0 Å². The second-order valence-corrected chi connectivity index (χ2v) is 9.58. The van der Waals surface area contributed by atoms with Crippen LogP contribution in [0.2, 0.25) is 0 Å². The predicted molar refractivity (Wildman–Crippen MR) is 114 cm³/mol. The van der Waals surface area contributed by atoms with Crippen LogP contribution in [0.5, 0.6) is 5.75 Å². The molecule has 1 fully saturated rings. The Morgan fingerprint density at radius 3 is 2.55 bits per heavy atom. The van der Waals surface area contributed by atoms with Crippen LogP contribution < -0.4 is 4.74 Å². The highest BCUT2D eigenvalue weighted by Gasteiger charge is 2.26. The Balaban J connectivity index is 1.29. The molecule has 1 aliphatic heterocycles. The van der Waals surface area contributed by atoms with E-state index in [1.54, 1.807) is 36.0 Å². The molecular formula is C21H22N2O4S2. The zero-order valence-electron chi connectivity index (χ0n) is 15.9. The average molecular weight is 431 g/mol.